The lowest BCUT2D eigenvalue weighted by atomic mass is 9.84. The molecule has 0 aliphatic heterocycles. The van der Waals surface area contributed by atoms with Gasteiger partial charge in [0.1, 0.15) is 0 Å². The third kappa shape index (κ3) is 2.96. The van der Waals surface area contributed by atoms with Crippen LogP contribution in [0.2, 0.25) is 0 Å². The molecule has 96 valence electrons. The molecule has 0 amide bonds. The monoisotopic (exact) mass is 228 g/mol. The van der Waals surface area contributed by atoms with E-state index >= 15 is 0 Å². The van der Waals surface area contributed by atoms with Crippen LogP contribution in [0.5, 0.6) is 0 Å². The maximum absolute atomic E-state index is 10.1. The van der Waals surface area contributed by atoms with Crippen molar-refractivity contribution in [2.24, 2.45) is 29.2 Å². The van der Waals surface area contributed by atoms with Crippen molar-refractivity contribution in [3.05, 3.63) is 0 Å². The molecule has 3 nitrogen and oxygen atoms in total. The third-order valence-electron chi connectivity index (χ3n) is 4.37. The highest BCUT2D eigenvalue weighted by Gasteiger charge is 2.41. The molecule has 1 rings (SSSR count). The van der Waals surface area contributed by atoms with Crippen LogP contribution in [0.3, 0.4) is 0 Å². The van der Waals surface area contributed by atoms with E-state index in [9.17, 15) is 5.11 Å². The van der Waals surface area contributed by atoms with Gasteiger partial charge in [0.25, 0.3) is 0 Å². The molecule has 5 N–H and O–H groups in total. The van der Waals surface area contributed by atoms with Crippen LogP contribution >= 0.6 is 0 Å². The zero-order chi connectivity index (χ0) is 12.3. The van der Waals surface area contributed by atoms with Gasteiger partial charge in [0.05, 0.1) is 6.10 Å². The van der Waals surface area contributed by atoms with Crippen molar-refractivity contribution in [2.75, 3.05) is 0 Å². The Balaban J connectivity index is 2.55. The lowest BCUT2D eigenvalue weighted by molar-refractivity contribution is 0.0777. The molecule has 0 aromatic carbocycles. The van der Waals surface area contributed by atoms with Crippen molar-refractivity contribution in [1.82, 2.24) is 0 Å². The van der Waals surface area contributed by atoms with E-state index in [-0.39, 0.29) is 24.1 Å². The molecule has 0 saturated heterocycles. The molecular formula is C13H28N2O. The lowest BCUT2D eigenvalue weighted by Gasteiger charge is -2.29. The minimum absolute atomic E-state index is 0.0554. The van der Waals surface area contributed by atoms with Gasteiger partial charge >= 0.3 is 0 Å². The summed E-state index contributed by atoms with van der Waals surface area (Å²) in [6, 6.07) is 0.134. The summed E-state index contributed by atoms with van der Waals surface area (Å²) in [6.45, 7) is 6.47. The number of rotatable bonds is 5. The fourth-order valence-electron chi connectivity index (χ4n) is 3.09. The zero-order valence-electron chi connectivity index (χ0n) is 10.9. The van der Waals surface area contributed by atoms with E-state index in [1.54, 1.807) is 0 Å². The van der Waals surface area contributed by atoms with E-state index in [4.69, 9.17) is 11.5 Å². The first-order valence-electron chi connectivity index (χ1n) is 6.70. The van der Waals surface area contributed by atoms with E-state index in [0.717, 1.165) is 25.7 Å². The third-order valence-corrected chi connectivity index (χ3v) is 4.37. The summed E-state index contributed by atoms with van der Waals surface area (Å²) in [5, 5.41) is 10.1. The molecule has 3 heteroatoms. The average Bonchev–Trinajstić information content (AvgIpc) is 2.49. The molecule has 16 heavy (non-hydrogen) atoms. The minimum atomic E-state index is -0.306. The summed E-state index contributed by atoms with van der Waals surface area (Å²) in [5.41, 5.74) is 12.3. The van der Waals surface area contributed by atoms with Gasteiger partial charge in [0, 0.05) is 18.0 Å². The molecule has 0 bridgehead atoms. The molecule has 5 atom stereocenters. The standard InChI is InChI=1S/C13H28N2O/c1-4-9(5-2)7-11(15)12-10(14)6-8(3)13(12)16/h8-13,16H,4-7,14-15H2,1-3H3. The first kappa shape index (κ1) is 13.9. The van der Waals surface area contributed by atoms with Gasteiger partial charge in [-0.3, -0.25) is 0 Å². The van der Waals surface area contributed by atoms with Gasteiger partial charge in [-0.15, -0.1) is 0 Å². The molecule has 0 radical (unpaired) electrons. The topological polar surface area (TPSA) is 72.3 Å². The lowest BCUT2D eigenvalue weighted by Crippen LogP contribution is -2.45. The van der Waals surface area contributed by atoms with E-state index in [0.29, 0.717) is 11.8 Å². The molecule has 1 saturated carbocycles. The zero-order valence-corrected chi connectivity index (χ0v) is 10.9. The highest BCUT2D eigenvalue weighted by Crippen LogP contribution is 2.34. The van der Waals surface area contributed by atoms with Crippen molar-refractivity contribution in [2.45, 2.75) is 64.6 Å². The summed E-state index contributed by atoms with van der Waals surface area (Å²) < 4.78 is 0. The molecule has 0 aromatic rings. The maximum Gasteiger partial charge on any atom is 0.0624 e. The SMILES string of the molecule is CCC(CC)CC(N)C1C(N)CC(C)C1O. The van der Waals surface area contributed by atoms with E-state index in [2.05, 4.69) is 20.8 Å². The van der Waals surface area contributed by atoms with Crippen molar-refractivity contribution in [3.63, 3.8) is 0 Å². The summed E-state index contributed by atoms with van der Waals surface area (Å²) in [5.74, 6) is 1.06. The highest BCUT2D eigenvalue weighted by atomic mass is 16.3. The summed E-state index contributed by atoms with van der Waals surface area (Å²) in [6.07, 6.45) is 3.92. The molecule has 1 fully saturated rings. The van der Waals surface area contributed by atoms with E-state index in [1.807, 2.05) is 0 Å². The number of aliphatic hydroxyl groups excluding tert-OH is 1. The number of hydrogen-bond donors (Lipinski definition) is 3. The first-order valence-corrected chi connectivity index (χ1v) is 6.70. The normalized spacial score (nSPS) is 36.9. The van der Waals surface area contributed by atoms with Gasteiger partial charge in [-0.2, -0.15) is 0 Å². The van der Waals surface area contributed by atoms with Crippen LogP contribution in [0, 0.1) is 17.8 Å². The fraction of sp³-hybridized carbons (Fsp3) is 1.00. The van der Waals surface area contributed by atoms with Crippen molar-refractivity contribution in [1.29, 1.82) is 0 Å². The maximum atomic E-state index is 10.1. The van der Waals surface area contributed by atoms with E-state index in [1.165, 1.54) is 0 Å². The van der Waals surface area contributed by atoms with E-state index < -0.39 is 0 Å². The molecule has 0 heterocycles. The van der Waals surface area contributed by atoms with Gasteiger partial charge in [-0.25, -0.2) is 0 Å². The fourth-order valence-corrected chi connectivity index (χ4v) is 3.09. The quantitative estimate of drug-likeness (QED) is 0.667. The Hall–Kier alpha value is -0.120. The van der Waals surface area contributed by atoms with Crippen LogP contribution in [0.15, 0.2) is 0 Å². The van der Waals surface area contributed by atoms with Crippen LogP contribution in [0.25, 0.3) is 0 Å². The predicted molar refractivity (Wildman–Crippen MR) is 67.9 cm³/mol. The molecule has 0 aromatic heterocycles. The first-order chi connectivity index (χ1) is 7.51. The average molecular weight is 228 g/mol. The Morgan fingerprint density at radius 1 is 1.31 bits per heavy atom. The minimum Gasteiger partial charge on any atom is -0.392 e. The second kappa shape index (κ2) is 5.99. The van der Waals surface area contributed by atoms with Crippen molar-refractivity contribution < 1.29 is 5.11 Å². The largest absolute Gasteiger partial charge is 0.392 e. The number of nitrogens with two attached hydrogens (primary N) is 2. The summed E-state index contributed by atoms with van der Waals surface area (Å²) >= 11 is 0. The van der Waals surface area contributed by atoms with Gasteiger partial charge < -0.3 is 16.6 Å². The summed E-state index contributed by atoms with van der Waals surface area (Å²) in [4.78, 5) is 0. The summed E-state index contributed by atoms with van der Waals surface area (Å²) in [7, 11) is 0. The Morgan fingerprint density at radius 3 is 2.25 bits per heavy atom. The van der Waals surface area contributed by atoms with Gasteiger partial charge in [0.15, 0.2) is 0 Å². The highest BCUT2D eigenvalue weighted by molar-refractivity contribution is 4.97. The Kier molecular flexibility index (Phi) is 5.22. The Morgan fingerprint density at radius 2 is 1.88 bits per heavy atom. The predicted octanol–water partition coefficient (Wildman–Crippen LogP) is 1.48. The molecule has 5 unspecified atom stereocenters. The molecule has 1 aliphatic rings. The van der Waals surface area contributed by atoms with Crippen LogP contribution in [0.4, 0.5) is 0 Å². The van der Waals surface area contributed by atoms with Crippen LogP contribution in [0.1, 0.15) is 46.5 Å². The second-order valence-electron chi connectivity index (χ2n) is 5.53. The van der Waals surface area contributed by atoms with Crippen LogP contribution < -0.4 is 11.5 Å². The van der Waals surface area contributed by atoms with Gasteiger partial charge in [0.2, 0.25) is 0 Å². The second-order valence-corrected chi connectivity index (χ2v) is 5.53. The smallest absolute Gasteiger partial charge is 0.0624 e. The van der Waals surface area contributed by atoms with Crippen molar-refractivity contribution >= 4 is 0 Å². The van der Waals surface area contributed by atoms with Crippen molar-refractivity contribution in [3.8, 4) is 0 Å². The number of hydrogen-bond acceptors (Lipinski definition) is 3. The van der Waals surface area contributed by atoms with Gasteiger partial charge in [-0.05, 0) is 24.7 Å². The Labute approximate surface area is 99.6 Å². The van der Waals surface area contributed by atoms with Crippen LogP contribution in [-0.2, 0) is 0 Å². The Bertz CT molecular complexity index is 206. The van der Waals surface area contributed by atoms with Gasteiger partial charge in [-0.1, -0.05) is 33.6 Å². The molecule has 1 aliphatic carbocycles. The molecular weight excluding hydrogens is 200 g/mol. The number of aliphatic hydroxyl groups is 1. The molecule has 0 spiro atoms. The van der Waals surface area contributed by atoms with Crippen LogP contribution in [-0.4, -0.2) is 23.3 Å².